The Kier molecular flexibility index (Phi) is 4.30. The summed E-state index contributed by atoms with van der Waals surface area (Å²) in [7, 11) is 0. The zero-order valence-electron chi connectivity index (χ0n) is 10.8. The number of ether oxygens (including phenoxy) is 1. The van der Waals surface area contributed by atoms with Gasteiger partial charge in [0.2, 0.25) is 5.78 Å². The second kappa shape index (κ2) is 5.81. The molecular formula is C14H11BrClNO3. The Hall–Kier alpha value is -1.59. The van der Waals surface area contributed by atoms with Crippen LogP contribution in [0.4, 0.5) is 0 Å². The molecule has 4 nitrogen and oxygen atoms in total. The second-order valence-electron chi connectivity index (χ2n) is 4.17. The molecule has 0 radical (unpaired) electrons. The van der Waals surface area contributed by atoms with E-state index in [2.05, 4.69) is 20.9 Å². The van der Waals surface area contributed by atoms with Gasteiger partial charge in [-0.25, -0.2) is 0 Å². The maximum atomic E-state index is 12.5. The standard InChI is InChI=1S/C14H11BrClNO3/c1-7-12(16)11(15)13(17-7)14(19)9-5-3-4-6-10(9)20-8(2)18/h3-6,17H,1-2H3. The average Bonchev–Trinajstić information content (AvgIpc) is 2.66. The summed E-state index contributed by atoms with van der Waals surface area (Å²) in [6.07, 6.45) is 0. The number of carbonyl (C=O) groups excluding carboxylic acids is 2. The topological polar surface area (TPSA) is 59.2 Å². The highest BCUT2D eigenvalue weighted by Crippen LogP contribution is 2.32. The Morgan fingerprint density at radius 2 is 1.95 bits per heavy atom. The average molecular weight is 357 g/mol. The highest BCUT2D eigenvalue weighted by atomic mass is 79.9. The first-order valence-electron chi connectivity index (χ1n) is 5.77. The minimum absolute atomic E-state index is 0.222. The summed E-state index contributed by atoms with van der Waals surface area (Å²) >= 11 is 9.32. The normalized spacial score (nSPS) is 10.4. The van der Waals surface area contributed by atoms with E-state index in [1.807, 2.05) is 0 Å². The summed E-state index contributed by atoms with van der Waals surface area (Å²) in [6.45, 7) is 3.05. The fourth-order valence-corrected chi connectivity index (χ4v) is 2.48. The molecule has 0 aliphatic rings. The fraction of sp³-hybridized carbons (Fsp3) is 0.143. The van der Waals surface area contributed by atoms with E-state index in [1.165, 1.54) is 6.92 Å². The Bertz CT molecular complexity index is 694. The van der Waals surface area contributed by atoms with E-state index in [-0.39, 0.29) is 11.5 Å². The highest BCUT2D eigenvalue weighted by Gasteiger charge is 2.22. The van der Waals surface area contributed by atoms with Crippen LogP contribution in [0, 0.1) is 6.92 Å². The van der Waals surface area contributed by atoms with Crippen LogP contribution in [0.3, 0.4) is 0 Å². The third-order valence-corrected chi connectivity index (χ3v) is 4.16. The van der Waals surface area contributed by atoms with Gasteiger partial charge in [0.1, 0.15) is 11.4 Å². The van der Waals surface area contributed by atoms with E-state index < -0.39 is 5.97 Å². The summed E-state index contributed by atoms with van der Waals surface area (Å²) < 4.78 is 5.54. The summed E-state index contributed by atoms with van der Waals surface area (Å²) in [5.41, 5.74) is 1.31. The predicted octanol–water partition coefficient (Wildman–Crippen LogP) is 3.90. The third kappa shape index (κ3) is 2.78. The number of benzene rings is 1. The third-order valence-electron chi connectivity index (χ3n) is 2.67. The Morgan fingerprint density at radius 3 is 2.50 bits per heavy atom. The van der Waals surface area contributed by atoms with Crippen LogP contribution >= 0.6 is 27.5 Å². The van der Waals surface area contributed by atoms with Crippen LogP contribution in [0.1, 0.15) is 28.7 Å². The molecule has 0 spiro atoms. The molecule has 0 fully saturated rings. The van der Waals surface area contributed by atoms with E-state index >= 15 is 0 Å². The van der Waals surface area contributed by atoms with Crippen LogP contribution in [-0.4, -0.2) is 16.7 Å². The Morgan fingerprint density at radius 1 is 1.30 bits per heavy atom. The number of hydrogen-bond donors (Lipinski definition) is 1. The van der Waals surface area contributed by atoms with Crippen LogP contribution in [-0.2, 0) is 4.79 Å². The van der Waals surface area contributed by atoms with Gasteiger partial charge >= 0.3 is 5.97 Å². The highest BCUT2D eigenvalue weighted by molar-refractivity contribution is 9.10. The van der Waals surface area contributed by atoms with Crippen molar-refractivity contribution in [2.45, 2.75) is 13.8 Å². The number of nitrogens with one attached hydrogen (secondary N) is 1. The lowest BCUT2D eigenvalue weighted by Crippen LogP contribution is -2.09. The number of ketones is 1. The zero-order valence-corrected chi connectivity index (χ0v) is 13.1. The molecule has 0 amide bonds. The van der Waals surface area contributed by atoms with Crippen LogP contribution in [0.25, 0.3) is 0 Å². The molecule has 2 aromatic rings. The lowest BCUT2D eigenvalue weighted by atomic mass is 10.1. The quantitative estimate of drug-likeness (QED) is 0.515. The molecule has 1 aromatic heterocycles. The van der Waals surface area contributed by atoms with Gasteiger partial charge in [-0.05, 0) is 35.0 Å². The van der Waals surface area contributed by atoms with E-state index in [9.17, 15) is 9.59 Å². The van der Waals surface area contributed by atoms with Gasteiger partial charge < -0.3 is 9.72 Å². The number of halogens is 2. The monoisotopic (exact) mass is 355 g/mol. The molecule has 2 rings (SSSR count). The number of aryl methyl sites for hydroxylation is 1. The van der Waals surface area contributed by atoms with Crippen LogP contribution in [0.15, 0.2) is 28.7 Å². The molecule has 0 aliphatic heterocycles. The number of hydrogen-bond acceptors (Lipinski definition) is 3. The SMILES string of the molecule is CC(=O)Oc1ccccc1C(=O)c1[nH]c(C)c(Cl)c1Br. The maximum Gasteiger partial charge on any atom is 0.308 e. The van der Waals surface area contributed by atoms with Crippen LogP contribution in [0.5, 0.6) is 5.75 Å². The van der Waals surface area contributed by atoms with Gasteiger partial charge in [0.15, 0.2) is 0 Å². The number of esters is 1. The number of para-hydroxylation sites is 1. The molecule has 0 saturated carbocycles. The summed E-state index contributed by atoms with van der Waals surface area (Å²) in [5.74, 6) is -0.561. The van der Waals surface area contributed by atoms with E-state index in [1.54, 1.807) is 31.2 Å². The van der Waals surface area contributed by atoms with E-state index in [4.69, 9.17) is 16.3 Å². The lowest BCUT2D eigenvalue weighted by molar-refractivity contribution is -0.131. The van der Waals surface area contributed by atoms with Crippen molar-refractivity contribution in [2.24, 2.45) is 0 Å². The zero-order chi connectivity index (χ0) is 14.9. The van der Waals surface area contributed by atoms with Gasteiger partial charge in [-0.2, -0.15) is 0 Å². The van der Waals surface area contributed by atoms with Crippen molar-refractivity contribution in [3.63, 3.8) is 0 Å². The number of aromatic amines is 1. The fourth-order valence-electron chi connectivity index (χ4n) is 1.76. The molecule has 1 N–H and O–H groups in total. The first-order chi connectivity index (χ1) is 9.41. The maximum absolute atomic E-state index is 12.5. The summed E-state index contributed by atoms with van der Waals surface area (Å²) in [6, 6.07) is 6.56. The molecule has 1 heterocycles. The van der Waals surface area contributed by atoms with Crippen molar-refractivity contribution in [1.29, 1.82) is 0 Å². The smallest absolute Gasteiger partial charge is 0.308 e. The lowest BCUT2D eigenvalue weighted by Gasteiger charge is -2.07. The number of rotatable bonds is 3. The minimum Gasteiger partial charge on any atom is -0.426 e. The molecule has 104 valence electrons. The van der Waals surface area contributed by atoms with E-state index in [0.717, 1.165) is 0 Å². The second-order valence-corrected chi connectivity index (χ2v) is 5.34. The first-order valence-corrected chi connectivity index (χ1v) is 6.94. The first kappa shape index (κ1) is 14.8. The Balaban J connectivity index is 2.48. The molecule has 0 saturated heterocycles. The number of aromatic nitrogens is 1. The summed E-state index contributed by atoms with van der Waals surface area (Å²) in [4.78, 5) is 26.5. The van der Waals surface area contributed by atoms with Crippen molar-refractivity contribution >= 4 is 39.3 Å². The van der Waals surface area contributed by atoms with Crippen molar-refractivity contribution in [1.82, 2.24) is 4.98 Å². The molecule has 0 aliphatic carbocycles. The van der Waals surface area contributed by atoms with Gasteiger partial charge in [-0.3, -0.25) is 9.59 Å². The van der Waals surface area contributed by atoms with Gasteiger partial charge in [-0.1, -0.05) is 23.7 Å². The van der Waals surface area contributed by atoms with E-state index in [0.29, 0.717) is 26.4 Å². The molecule has 20 heavy (non-hydrogen) atoms. The summed E-state index contributed by atoms with van der Waals surface area (Å²) in [5, 5.41) is 0.457. The van der Waals surface area contributed by atoms with Gasteiger partial charge in [0, 0.05) is 12.6 Å². The molecular weight excluding hydrogens is 346 g/mol. The molecule has 0 unspecified atom stereocenters. The van der Waals surface area contributed by atoms with Gasteiger partial charge in [0.05, 0.1) is 15.1 Å². The molecule has 6 heteroatoms. The molecule has 0 atom stereocenters. The molecule has 0 bridgehead atoms. The van der Waals surface area contributed by atoms with Crippen LogP contribution in [0.2, 0.25) is 5.02 Å². The van der Waals surface area contributed by atoms with Crippen molar-refractivity contribution < 1.29 is 14.3 Å². The number of carbonyl (C=O) groups is 2. The molecule has 1 aromatic carbocycles. The van der Waals surface area contributed by atoms with Gasteiger partial charge in [-0.15, -0.1) is 0 Å². The number of H-pyrrole nitrogens is 1. The van der Waals surface area contributed by atoms with Crippen molar-refractivity contribution in [3.05, 3.63) is 50.7 Å². The van der Waals surface area contributed by atoms with Gasteiger partial charge in [0.25, 0.3) is 0 Å². The largest absolute Gasteiger partial charge is 0.426 e. The minimum atomic E-state index is -0.481. The predicted molar refractivity (Wildman–Crippen MR) is 79.4 cm³/mol. The van der Waals surface area contributed by atoms with Crippen molar-refractivity contribution in [3.8, 4) is 5.75 Å². The van der Waals surface area contributed by atoms with Crippen LogP contribution < -0.4 is 4.74 Å². The van der Waals surface area contributed by atoms with Crippen molar-refractivity contribution in [2.75, 3.05) is 0 Å². The Labute approximate surface area is 129 Å².